The van der Waals surface area contributed by atoms with Crippen LogP contribution in [0.3, 0.4) is 0 Å². The molecule has 0 saturated heterocycles. The Kier molecular flexibility index (Phi) is 3.10. The van der Waals surface area contributed by atoms with Gasteiger partial charge in [0, 0.05) is 25.3 Å². The number of anilines is 1. The van der Waals surface area contributed by atoms with Gasteiger partial charge in [0.25, 0.3) is 0 Å². The molecule has 1 nitrogen and oxygen atoms in total. The molecule has 17 heavy (non-hydrogen) atoms. The van der Waals surface area contributed by atoms with Crippen LogP contribution in [0.15, 0.2) is 42.5 Å². The molecule has 1 aromatic carbocycles. The number of hydrogen-bond donors (Lipinski definition) is 0. The summed E-state index contributed by atoms with van der Waals surface area (Å²) < 4.78 is 0. The molecule has 2 rings (SSSR count). The van der Waals surface area contributed by atoms with Crippen LogP contribution in [0.4, 0.5) is 5.69 Å². The Morgan fingerprint density at radius 2 is 1.82 bits per heavy atom. The lowest BCUT2D eigenvalue weighted by molar-refractivity contribution is 0.506. The van der Waals surface area contributed by atoms with E-state index in [1.165, 1.54) is 16.8 Å². The van der Waals surface area contributed by atoms with Crippen molar-refractivity contribution in [2.75, 3.05) is 19.0 Å². The van der Waals surface area contributed by atoms with Gasteiger partial charge in [-0.2, -0.15) is 0 Å². The smallest absolute Gasteiger partial charge is 0.0437 e. The molecule has 1 aliphatic carbocycles. The summed E-state index contributed by atoms with van der Waals surface area (Å²) in [7, 11) is 4.20. The SMILES string of the molecule is CN(C)c1ccccc1C1=CC=CCC1(C)C. The average molecular weight is 227 g/mol. The fourth-order valence-corrected chi connectivity index (χ4v) is 2.41. The summed E-state index contributed by atoms with van der Waals surface area (Å²) in [4.78, 5) is 2.19. The highest BCUT2D eigenvalue weighted by molar-refractivity contribution is 5.81. The Hall–Kier alpha value is -1.50. The predicted octanol–water partition coefficient (Wildman–Crippen LogP) is 4.12. The average Bonchev–Trinajstić information content (AvgIpc) is 2.28. The van der Waals surface area contributed by atoms with Gasteiger partial charge in [0.05, 0.1) is 0 Å². The van der Waals surface area contributed by atoms with E-state index < -0.39 is 0 Å². The molecule has 1 aromatic rings. The first kappa shape index (κ1) is 12.0. The van der Waals surface area contributed by atoms with Crippen molar-refractivity contribution in [2.24, 2.45) is 5.41 Å². The van der Waals surface area contributed by atoms with Crippen LogP contribution in [0.2, 0.25) is 0 Å². The van der Waals surface area contributed by atoms with Crippen LogP contribution in [0.1, 0.15) is 25.8 Å². The summed E-state index contributed by atoms with van der Waals surface area (Å²) in [5, 5.41) is 0. The van der Waals surface area contributed by atoms with Gasteiger partial charge in [-0.25, -0.2) is 0 Å². The van der Waals surface area contributed by atoms with E-state index in [9.17, 15) is 0 Å². The van der Waals surface area contributed by atoms with Gasteiger partial charge in [0.1, 0.15) is 0 Å². The van der Waals surface area contributed by atoms with Crippen molar-refractivity contribution in [3.63, 3.8) is 0 Å². The van der Waals surface area contributed by atoms with Gasteiger partial charge < -0.3 is 4.90 Å². The summed E-state index contributed by atoms with van der Waals surface area (Å²) in [6, 6.07) is 8.63. The molecule has 0 aromatic heterocycles. The first-order valence-electron chi connectivity index (χ1n) is 6.16. The third-order valence-corrected chi connectivity index (χ3v) is 3.43. The molecule has 0 amide bonds. The largest absolute Gasteiger partial charge is 0.377 e. The first-order chi connectivity index (χ1) is 8.02. The van der Waals surface area contributed by atoms with Crippen molar-refractivity contribution in [2.45, 2.75) is 20.3 Å². The number of hydrogen-bond acceptors (Lipinski definition) is 1. The van der Waals surface area contributed by atoms with Gasteiger partial charge >= 0.3 is 0 Å². The van der Waals surface area contributed by atoms with Crippen molar-refractivity contribution in [1.82, 2.24) is 0 Å². The van der Waals surface area contributed by atoms with Gasteiger partial charge in [0.2, 0.25) is 0 Å². The quantitative estimate of drug-likeness (QED) is 0.734. The summed E-state index contributed by atoms with van der Waals surface area (Å²) in [5.41, 5.74) is 4.30. The molecule has 0 atom stereocenters. The molecule has 0 bridgehead atoms. The molecule has 1 heteroatoms. The van der Waals surface area contributed by atoms with Gasteiger partial charge in [-0.05, 0) is 23.5 Å². The lowest BCUT2D eigenvalue weighted by atomic mass is 9.75. The van der Waals surface area contributed by atoms with Crippen LogP contribution in [0.25, 0.3) is 5.57 Å². The first-order valence-corrected chi connectivity index (χ1v) is 6.16. The van der Waals surface area contributed by atoms with E-state index in [4.69, 9.17) is 0 Å². The number of para-hydroxylation sites is 1. The predicted molar refractivity (Wildman–Crippen MR) is 76.3 cm³/mol. The molecule has 0 fully saturated rings. The minimum Gasteiger partial charge on any atom is -0.377 e. The minimum absolute atomic E-state index is 0.223. The van der Waals surface area contributed by atoms with Crippen LogP contribution in [-0.2, 0) is 0 Å². The van der Waals surface area contributed by atoms with E-state index in [-0.39, 0.29) is 5.41 Å². The maximum atomic E-state index is 2.31. The van der Waals surface area contributed by atoms with E-state index in [0.717, 1.165) is 6.42 Å². The molecule has 0 radical (unpaired) electrons. The highest BCUT2D eigenvalue weighted by Gasteiger charge is 2.26. The maximum Gasteiger partial charge on any atom is 0.0437 e. The van der Waals surface area contributed by atoms with E-state index in [2.05, 4.69) is 75.3 Å². The molecule has 0 N–H and O–H groups in total. The standard InChI is InChI=1S/C16H21N/c1-16(2)12-8-7-10-14(16)13-9-5-6-11-15(13)17(3)4/h5-11H,12H2,1-4H3. The fraction of sp³-hybridized carbons (Fsp3) is 0.375. The zero-order valence-electron chi connectivity index (χ0n) is 11.2. The van der Waals surface area contributed by atoms with Crippen molar-refractivity contribution < 1.29 is 0 Å². The Labute approximate surface area is 104 Å². The molecular weight excluding hydrogens is 206 g/mol. The zero-order chi connectivity index (χ0) is 12.5. The van der Waals surface area contributed by atoms with Crippen LogP contribution < -0.4 is 4.90 Å². The summed E-state index contributed by atoms with van der Waals surface area (Å²) in [6.07, 6.45) is 7.79. The van der Waals surface area contributed by atoms with E-state index >= 15 is 0 Å². The molecule has 0 unspecified atom stereocenters. The lowest BCUT2D eigenvalue weighted by Crippen LogP contribution is -2.18. The van der Waals surface area contributed by atoms with Crippen LogP contribution in [0, 0.1) is 5.41 Å². The fourth-order valence-electron chi connectivity index (χ4n) is 2.41. The normalized spacial score (nSPS) is 17.8. The van der Waals surface area contributed by atoms with Crippen LogP contribution in [0.5, 0.6) is 0 Å². The van der Waals surface area contributed by atoms with E-state index in [1.807, 2.05) is 0 Å². The maximum absolute atomic E-state index is 2.31. The van der Waals surface area contributed by atoms with Crippen molar-refractivity contribution in [3.8, 4) is 0 Å². The molecule has 0 heterocycles. The summed E-state index contributed by atoms with van der Waals surface area (Å²) >= 11 is 0. The zero-order valence-corrected chi connectivity index (χ0v) is 11.2. The number of benzene rings is 1. The molecule has 0 aliphatic heterocycles. The number of rotatable bonds is 2. The highest BCUT2D eigenvalue weighted by atomic mass is 15.1. The second-order valence-electron chi connectivity index (χ2n) is 5.51. The molecule has 90 valence electrons. The molecule has 1 aliphatic rings. The van der Waals surface area contributed by atoms with E-state index in [0.29, 0.717) is 0 Å². The lowest BCUT2D eigenvalue weighted by Gasteiger charge is -2.31. The van der Waals surface area contributed by atoms with Crippen LogP contribution >= 0.6 is 0 Å². The van der Waals surface area contributed by atoms with Crippen molar-refractivity contribution in [1.29, 1.82) is 0 Å². The third-order valence-electron chi connectivity index (χ3n) is 3.43. The monoisotopic (exact) mass is 227 g/mol. The minimum atomic E-state index is 0.223. The Morgan fingerprint density at radius 1 is 1.12 bits per heavy atom. The molecule has 0 saturated carbocycles. The molecular formula is C16H21N. The summed E-state index contributed by atoms with van der Waals surface area (Å²) in [5.74, 6) is 0. The number of nitrogens with zero attached hydrogens (tertiary/aromatic N) is 1. The topological polar surface area (TPSA) is 3.24 Å². The van der Waals surface area contributed by atoms with Gasteiger partial charge in [-0.3, -0.25) is 0 Å². The van der Waals surface area contributed by atoms with Crippen LogP contribution in [-0.4, -0.2) is 14.1 Å². The third kappa shape index (κ3) is 2.28. The highest BCUT2D eigenvalue weighted by Crippen LogP contribution is 2.42. The van der Waals surface area contributed by atoms with Crippen molar-refractivity contribution in [3.05, 3.63) is 48.1 Å². The van der Waals surface area contributed by atoms with Gasteiger partial charge in [0.15, 0.2) is 0 Å². The van der Waals surface area contributed by atoms with Gasteiger partial charge in [-0.15, -0.1) is 0 Å². The van der Waals surface area contributed by atoms with E-state index in [1.54, 1.807) is 0 Å². The Balaban J connectivity index is 2.53. The Bertz CT molecular complexity index is 464. The molecule has 0 spiro atoms. The second kappa shape index (κ2) is 4.40. The summed E-state index contributed by atoms with van der Waals surface area (Å²) in [6.45, 7) is 4.63. The van der Waals surface area contributed by atoms with Gasteiger partial charge in [-0.1, -0.05) is 50.3 Å². The Morgan fingerprint density at radius 3 is 2.47 bits per heavy atom. The number of allylic oxidation sites excluding steroid dienone is 4. The second-order valence-corrected chi connectivity index (χ2v) is 5.51. The van der Waals surface area contributed by atoms with Crippen molar-refractivity contribution >= 4 is 11.3 Å².